The van der Waals surface area contributed by atoms with Crippen LogP contribution in [0.3, 0.4) is 0 Å². The number of hydrogen-bond donors (Lipinski definition) is 1. The van der Waals surface area contributed by atoms with Gasteiger partial charge in [0.05, 0.1) is 10.7 Å². The number of rotatable bonds is 4. The Labute approximate surface area is 113 Å². The summed E-state index contributed by atoms with van der Waals surface area (Å²) in [5.41, 5.74) is 6.05. The van der Waals surface area contributed by atoms with Crippen LogP contribution in [0.2, 0.25) is 0 Å². The molecule has 0 spiro atoms. The Hall–Kier alpha value is -2.15. The first-order chi connectivity index (χ1) is 9.10. The zero-order valence-corrected chi connectivity index (χ0v) is 11.1. The van der Waals surface area contributed by atoms with Gasteiger partial charge in [0.25, 0.3) is 5.56 Å². The van der Waals surface area contributed by atoms with E-state index in [-0.39, 0.29) is 12.1 Å². The van der Waals surface area contributed by atoms with Crippen LogP contribution in [0.1, 0.15) is 0 Å². The van der Waals surface area contributed by atoms with E-state index in [1.165, 1.54) is 17.8 Å². The Bertz CT molecular complexity index is 652. The van der Waals surface area contributed by atoms with Crippen molar-refractivity contribution in [3.8, 4) is 11.3 Å². The molecule has 0 unspecified atom stereocenters. The first-order valence-corrected chi connectivity index (χ1v) is 6.69. The minimum atomic E-state index is -0.609. The van der Waals surface area contributed by atoms with Gasteiger partial charge in [0.15, 0.2) is 0 Å². The first-order valence-electron chi connectivity index (χ1n) is 5.47. The third-order valence-electron chi connectivity index (χ3n) is 2.41. The molecule has 0 bridgehead atoms. The summed E-state index contributed by atoms with van der Waals surface area (Å²) in [7, 11) is 0. The van der Waals surface area contributed by atoms with Gasteiger partial charge in [-0.15, -0.1) is 11.8 Å². The van der Waals surface area contributed by atoms with Gasteiger partial charge in [-0.1, -0.05) is 0 Å². The Morgan fingerprint density at radius 1 is 1.37 bits per heavy atom. The summed E-state index contributed by atoms with van der Waals surface area (Å²) >= 11 is 1.54. The van der Waals surface area contributed by atoms with Gasteiger partial charge in [-0.2, -0.15) is 5.10 Å². The third kappa shape index (κ3) is 3.19. The average Bonchev–Trinajstić information content (AvgIpc) is 2.41. The van der Waals surface area contributed by atoms with Crippen molar-refractivity contribution in [1.82, 2.24) is 14.8 Å². The number of carbonyl (C=O) groups is 1. The molecule has 2 heterocycles. The van der Waals surface area contributed by atoms with E-state index in [4.69, 9.17) is 5.73 Å². The first kappa shape index (κ1) is 13.3. The number of carbonyl (C=O) groups excluding carboxylic acids is 1. The summed E-state index contributed by atoms with van der Waals surface area (Å²) < 4.78 is 1.04. The fourth-order valence-electron chi connectivity index (χ4n) is 1.52. The molecule has 6 nitrogen and oxygen atoms in total. The average molecular weight is 276 g/mol. The van der Waals surface area contributed by atoms with Crippen molar-refractivity contribution >= 4 is 17.7 Å². The van der Waals surface area contributed by atoms with Crippen molar-refractivity contribution < 1.29 is 4.79 Å². The predicted octanol–water partition coefficient (Wildman–Crippen LogP) is 0.512. The van der Waals surface area contributed by atoms with Crippen molar-refractivity contribution in [2.45, 2.75) is 11.6 Å². The Balaban J connectivity index is 2.39. The standard InChI is InChI=1S/C12H12N4O2S/c1-19-11-4-2-8(6-14-11)9-3-5-12(18)16(15-9)7-10(13)17/h2-6H,7H2,1H3,(H2,13,17). The van der Waals surface area contributed by atoms with Gasteiger partial charge >= 0.3 is 0 Å². The van der Waals surface area contributed by atoms with Gasteiger partial charge < -0.3 is 5.73 Å². The highest BCUT2D eigenvalue weighted by atomic mass is 32.2. The fourth-order valence-corrected chi connectivity index (χ4v) is 1.88. The van der Waals surface area contributed by atoms with Crippen LogP contribution in [-0.4, -0.2) is 26.9 Å². The number of thioether (sulfide) groups is 1. The number of primary amides is 1. The molecular weight excluding hydrogens is 264 g/mol. The van der Waals surface area contributed by atoms with E-state index in [0.29, 0.717) is 5.69 Å². The topological polar surface area (TPSA) is 90.9 Å². The molecule has 0 aliphatic rings. The second-order valence-electron chi connectivity index (χ2n) is 3.77. The Morgan fingerprint density at radius 3 is 2.74 bits per heavy atom. The molecule has 2 aromatic rings. The number of nitrogens with zero attached hydrogens (tertiary/aromatic N) is 3. The molecule has 0 saturated heterocycles. The van der Waals surface area contributed by atoms with Gasteiger partial charge in [0, 0.05) is 17.8 Å². The molecule has 0 aliphatic heterocycles. The second kappa shape index (κ2) is 5.66. The lowest BCUT2D eigenvalue weighted by Gasteiger charge is -2.05. The number of aromatic nitrogens is 3. The molecule has 2 N–H and O–H groups in total. The van der Waals surface area contributed by atoms with Crippen molar-refractivity contribution in [1.29, 1.82) is 0 Å². The number of amides is 1. The van der Waals surface area contributed by atoms with E-state index in [0.717, 1.165) is 15.3 Å². The Kier molecular flexibility index (Phi) is 3.96. The fraction of sp³-hybridized carbons (Fsp3) is 0.167. The monoisotopic (exact) mass is 276 g/mol. The highest BCUT2D eigenvalue weighted by molar-refractivity contribution is 7.98. The maximum absolute atomic E-state index is 11.5. The summed E-state index contributed by atoms with van der Waals surface area (Å²) in [6.45, 7) is -0.233. The van der Waals surface area contributed by atoms with Crippen LogP contribution in [0.4, 0.5) is 0 Å². The molecule has 0 aromatic carbocycles. The maximum Gasteiger partial charge on any atom is 0.267 e. The highest BCUT2D eigenvalue weighted by Crippen LogP contribution is 2.17. The minimum absolute atomic E-state index is 0.233. The molecule has 2 rings (SSSR count). The molecule has 0 atom stereocenters. The molecule has 0 radical (unpaired) electrons. The summed E-state index contributed by atoms with van der Waals surface area (Å²) in [4.78, 5) is 26.6. The molecule has 7 heteroatoms. The van der Waals surface area contributed by atoms with E-state index in [9.17, 15) is 9.59 Å². The molecule has 2 aromatic heterocycles. The number of nitrogens with two attached hydrogens (primary N) is 1. The van der Waals surface area contributed by atoms with Gasteiger partial charge in [-0.3, -0.25) is 9.59 Å². The normalized spacial score (nSPS) is 10.4. The molecule has 0 fully saturated rings. The van der Waals surface area contributed by atoms with E-state index < -0.39 is 5.91 Å². The highest BCUT2D eigenvalue weighted by Gasteiger charge is 2.06. The van der Waals surface area contributed by atoms with Crippen LogP contribution < -0.4 is 11.3 Å². The summed E-state index contributed by atoms with van der Waals surface area (Å²) in [5.74, 6) is -0.609. The van der Waals surface area contributed by atoms with Crippen molar-refractivity contribution in [3.63, 3.8) is 0 Å². The summed E-state index contributed by atoms with van der Waals surface area (Å²) in [5, 5.41) is 4.99. The zero-order chi connectivity index (χ0) is 13.8. The second-order valence-corrected chi connectivity index (χ2v) is 4.60. The predicted molar refractivity (Wildman–Crippen MR) is 72.7 cm³/mol. The number of hydrogen-bond acceptors (Lipinski definition) is 5. The zero-order valence-electron chi connectivity index (χ0n) is 10.2. The SMILES string of the molecule is CSc1ccc(-c2ccc(=O)n(CC(N)=O)n2)cn1. The molecule has 98 valence electrons. The van der Waals surface area contributed by atoms with Crippen molar-refractivity contribution in [3.05, 3.63) is 40.8 Å². The van der Waals surface area contributed by atoms with Crippen molar-refractivity contribution in [2.75, 3.05) is 6.26 Å². The van der Waals surface area contributed by atoms with Crippen LogP contribution >= 0.6 is 11.8 Å². The lowest BCUT2D eigenvalue weighted by atomic mass is 10.2. The van der Waals surface area contributed by atoms with E-state index >= 15 is 0 Å². The molecule has 0 aliphatic carbocycles. The molecule has 1 amide bonds. The lowest BCUT2D eigenvalue weighted by molar-refractivity contribution is -0.118. The smallest absolute Gasteiger partial charge is 0.267 e. The van der Waals surface area contributed by atoms with Crippen molar-refractivity contribution in [2.24, 2.45) is 5.73 Å². The van der Waals surface area contributed by atoms with Gasteiger partial charge in [-0.25, -0.2) is 9.67 Å². The Morgan fingerprint density at radius 2 is 2.16 bits per heavy atom. The molecule has 0 saturated carbocycles. The lowest BCUT2D eigenvalue weighted by Crippen LogP contribution is -2.29. The van der Waals surface area contributed by atoms with Gasteiger partial charge in [0.2, 0.25) is 5.91 Å². The number of pyridine rings is 1. The van der Waals surface area contributed by atoms with Crippen LogP contribution in [-0.2, 0) is 11.3 Å². The van der Waals surface area contributed by atoms with E-state index in [1.807, 2.05) is 18.4 Å². The van der Waals surface area contributed by atoms with Crippen LogP contribution in [0.5, 0.6) is 0 Å². The summed E-state index contributed by atoms with van der Waals surface area (Å²) in [6.07, 6.45) is 3.61. The van der Waals surface area contributed by atoms with Crippen LogP contribution in [0.25, 0.3) is 11.3 Å². The van der Waals surface area contributed by atoms with Crippen LogP contribution in [0.15, 0.2) is 40.3 Å². The largest absolute Gasteiger partial charge is 0.368 e. The quantitative estimate of drug-likeness (QED) is 0.822. The van der Waals surface area contributed by atoms with E-state index in [2.05, 4.69) is 10.1 Å². The van der Waals surface area contributed by atoms with Gasteiger partial charge in [0.1, 0.15) is 6.54 Å². The maximum atomic E-state index is 11.5. The summed E-state index contributed by atoms with van der Waals surface area (Å²) in [6, 6.07) is 6.68. The third-order valence-corrected chi connectivity index (χ3v) is 3.07. The van der Waals surface area contributed by atoms with E-state index in [1.54, 1.807) is 12.3 Å². The molecular formula is C12H12N4O2S. The van der Waals surface area contributed by atoms with Crippen LogP contribution in [0, 0.1) is 0 Å². The van der Waals surface area contributed by atoms with Gasteiger partial charge in [-0.05, 0) is 24.5 Å². The molecule has 19 heavy (non-hydrogen) atoms. The minimum Gasteiger partial charge on any atom is -0.368 e.